The maximum absolute atomic E-state index is 11.1. The maximum atomic E-state index is 11.1. The van der Waals surface area contributed by atoms with Crippen LogP contribution in [0.5, 0.6) is 0 Å². The fourth-order valence-corrected chi connectivity index (χ4v) is 1.80. The maximum Gasteiger partial charge on any atom is 0.238 e. The second-order valence-corrected chi connectivity index (χ2v) is 4.94. The summed E-state index contributed by atoms with van der Waals surface area (Å²) in [6.07, 6.45) is 0.805. The highest BCUT2D eigenvalue weighted by molar-refractivity contribution is 5.77. The van der Waals surface area contributed by atoms with Gasteiger partial charge in [-0.2, -0.15) is 0 Å². The highest BCUT2D eigenvalue weighted by atomic mass is 16.3. The SMILES string of the molecule is CC(O)CCN(C)Cc1ccc(CC(=O)NN)cc1. The number of hydrogen-bond donors (Lipinski definition) is 3. The molecule has 0 saturated heterocycles. The van der Waals surface area contributed by atoms with E-state index in [0.29, 0.717) is 6.42 Å². The molecular weight excluding hydrogens is 242 g/mol. The Balaban J connectivity index is 2.45. The summed E-state index contributed by atoms with van der Waals surface area (Å²) >= 11 is 0. The summed E-state index contributed by atoms with van der Waals surface area (Å²) in [7, 11) is 2.03. The van der Waals surface area contributed by atoms with Crippen LogP contribution in [0.4, 0.5) is 0 Å². The molecule has 5 nitrogen and oxygen atoms in total. The van der Waals surface area contributed by atoms with Crippen molar-refractivity contribution in [1.82, 2.24) is 10.3 Å². The van der Waals surface area contributed by atoms with Crippen molar-refractivity contribution >= 4 is 5.91 Å². The number of aliphatic hydroxyl groups excluding tert-OH is 1. The molecule has 0 bridgehead atoms. The Morgan fingerprint density at radius 3 is 2.47 bits per heavy atom. The zero-order chi connectivity index (χ0) is 14.3. The number of hydrazine groups is 1. The molecule has 0 heterocycles. The lowest BCUT2D eigenvalue weighted by Gasteiger charge is -2.17. The minimum Gasteiger partial charge on any atom is -0.393 e. The Bertz CT molecular complexity index is 390. The van der Waals surface area contributed by atoms with Gasteiger partial charge in [0.05, 0.1) is 12.5 Å². The minimum atomic E-state index is -0.264. The third-order valence-electron chi connectivity index (χ3n) is 2.93. The first-order chi connectivity index (χ1) is 9.01. The van der Waals surface area contributed by atoms with Gasteiger partial charge in [-0.05, 0) is 31.5 Å². The fourth-order valence-electron chi connectivity index (χ4n) is 1.80. The second-order valence-electron chi connectivity index (χ2n) is 4.94. The Kier molecular flexibility index (Phi) is 6.49. The van der Waals surface area contributed by atoms with Crippen molar-refractivity contribution in [2.45, 2.75) is 32.4 Å². The predicted molar refractivity (Wildman–Crippen MR) is 75.1 cm³/mol. The van der Waals surface area contributed by atoms with Crippen LogP contribution in [-0.4, -0.2) is 35.6 Å². The molecule has 4 N–H and O–H groups in total. The van der Waals surface area contributed by atoms with Crippen molar-refractivity contribution < 1.29 is 9.90 Å². The first-order valence-corrected chi connectivity index (χ1v) is 6.45. The largest absolute Gasteiger partial charge is 0.393 e. The van der Waals surface area contributed by atoms with E-state index in [-0.39, 0.29) is 12.0 Å². The summed E-state index contributed by atoms with van der Waals surface area (Å²) in [5.74, 6) is 4.85. The predicted octanol–water partition coefficient (Wildman–Crippen LogP) is 0.422. The fraction of sp³-hybridized carbons (Fsp3) is 0.500. The van der Waals surface area contributed by atoms with E-state index in [2.05, 4.69) is 10.3 Å². The molecule has 1 atom stereocenters. The standard InChI is InChI=1S/C14H23N3O2/c1-11(18)7-8-17(2)10-13-5-3-12(4-6-13)9-14(19)16-15/h3-6,11,18H,7-10,15H2,1-2H3,(H,16,19). The van der Waals surface area contributed by atoms with E-state index in [1.54, 1.807) is 6.92 Å². The molecule has 0 fully saturated rings. The summed E-state index contributed by atoms with van der Waals surface area (Å²) in [4.78, 5) is 13.3. The normalized spacial score (nSPS) is 12.5. The van der Waals surface area contributed by atoms with Crippen LogP contribution in [0.3, 0.4) is 0 Å². The first-order valence-electron chi connectivity index (χ1n) is 6.45. The van der Waals surface area contributed by atoms with Gasteiger partial charge >= 0.3 is 0 Å². The zero-order valence-corrected chi connectivity index (χ0v) is 11.6. The lowest BCUT2D eigenvalue weighted by molar-refractivity contribution is -0.120. The molecule has 0 aliphatic rings. The minimum absolute atomic E-state index is 0.193. The van der Waals surface area contributed by atoms with Crippen LogP contribution >= 0.6 is 0 Å². The van der Waals surface area contributed by atoms with E-state index in [9.17, 15) is 9.90 Å². The number of carbonyl (C=O) groups excluding carboxylic acids is 1. The monoisotopic (exact) mass is 265 g/mol. The summed E-state index contributed by atoms with van der Waals surface area (Å²) in [6.45, 7) is 3.48. The molecule has 106 valence electrons. The van der Waals surface area contributed by atoms with E-state index < -0.39 is 0 Å². The van der Waals surface area contributed by atoms with E-state index in [4.69, 9.17) is 5.84 Å². The molecule has 1 aromatic carbocycles. The number of carbonyl (C=O) groups is 1. The number of hydrogen-bond acceptors (Lipinski definition) is 4. The number of benzene rings is 1. The van der Waals surface area contributed by atoms with E-state index in [1.807, 2.05) is 31.3 Å². The van der Waals surface area contributed by atoms with Crippen LogP contribution in [0.15, 0.2) is 24.3 Å². The molecule has 1 aromatic rings. The molecular formula is C14H23N3O2. The van der Waals surface area contributed by atoms with Crippen molar-refractivity contribution in [3.63, 3.8) is 0 Å². The van der Waals surface area contributed by atoms with Crippen LogP contribution in [0.2, 0.25) is 0 Å². The number of aliphatic hydroxyl groups is 1. The Morgan fingerprint density at radius 1 is 1.37 bits per heavy atom. The molecule has 1 unspecified atom stereocenters. The third-order valence-corrected chi connectivity index (χ3v) is 2.93. The summed E-state index contributed by atoms with van der Waals surface area (Å²) in [5, 5.41) is 9.24. The van der Waals surface area contributed by atoms with Gasteiger partial charge in [0.2, 0.25) is 5.91 Å². The number of amides is 1. The van der Waals surface area contributed by atoms with Crippen LogP contribution in [0, 0.1) is 0 Å². The van der Waals surface area contributed by atoms with Gasteiger partial charge in [-0.15, -0.1) is 0 Å². The van der Waals surface area contributed by atoms with E-state index >= 15 is 0 Å². The van der Waals surface area contributed by atoms with Crippen LogP contribution in [-0.2, 0) is 17.8 Å². The van der Waals surface area contributed by atoms with Gasteiger partial charge in [0.1, 0.15) is 0 Å². The smallest absolute Gasteiger partial charge is 0.238 e. The highest BCUT2D eigenvalue weighted by Gasteiger charge is 2.04. The average Bonchev–Trinajstić information content (AvgIpc) is 2.38. The first kappa shape index (κ1) is 15.6. The topological polar surface area (TPSA) is 78.6 Å². The van der Waals surface area contributed by atoms with Gasteiger partial charge in [0, 0.05) is 13.1 Å². The Hall–Kier alpha value is -1.43. The molecule has 19 heavy (non-hydrogen) atoms. The molecule has 0 spiro atoms. The molecule has 0 radical (unpaired) electrons. The molecule has 0 saturated carbocycles. The number of nitrogens with one attached hydrogen (secondary N) is 1. The molecule has 1 amide bonds. The van der Waals surface area contributed by atoms with Gasteiger partial charge in [-0.1, -0.05) is 24.3 Å². The van der Waals surface area contributed by atoms with E-state index in [0.717, 1.165) is 25.1 Å². The summed E-state index contributed by atoms with van der Waals surface area (Å²) in [6, 6.07) is 7.90. The van der Waals surface area contributed by atoms with Crippen molar-refractivity contribution in [2.24, 2.45) is 5.84 Å². The van der Waals surface area contributed by atoms with Gasteiger partial charge in [0.15, 0.2) is 0 Å². The quantitative estimate of drug-likeness (QED) is 0.379. The zero-order valence-electron chi connectivity index (χ0n) is 11.6. The second kappa shape index (κ2) is 7.89. The molecule has 1 rings (SSSR count). The van der Waals surface area contributed by atoms with E-state index in [1.165, 1.54) is 5.56 Å². The summed E-state index contributed by atoms with van der Waals surface area (Å²) in [5.41, 5.74) is 4.24. The van der Waals surface area contributed by atoms with Crippen molar-refractivity contribution in [3.8, 4) is 0 Å². The molecule has 0 aromatic heterocycles. The lowest BCUT2D eigenvalue weighted by atomic mass is 10.1. The van der Waals surface area contributed by atoms with Crippen LogP contribution in [0.1, 0.15) is 24.5 Å². The van der Waals surface area contributed by atoms with Crippen molar-refractivity contribution in [2.75, 3.05) is 13.6 Å². The van der Waals surface area contributed by atoms with Crippen LogP contribution < -0.4 is 11.3 Å². The van der Waals surface area contributed by atoms with Gasteiger partial charge < -0.3 is 10.0 Å². The molecule has 5 heteroatoms. The van der Waals surface area contributed by atoms with Gasteiger partial charge in [-0.25, -0.2) is 5.84 Å². The molecule has 0 aliphatic carbocycles. The molecule has 0 aliphatic heterocycles. The Labute approximate surface area is 114 Å². The summed E-state index contributed by atoms with van der Waals surface area (Å²) < 4.78 is 0. The van der Waals surface area contributed by atoms with Crippen molar-refractivity contribution in [3.05, 3.63) is 35.4 Å². The van der Waals surface area contributed by atoms with Gasteiger partial charge in [-0.3, -0.25) is 10.2 Å². The number of rotatable bonds is 7. The number of nitrogens with zero attached hydrogens (tertiary/aromatic N) is 1. The lowest BCUT2D eigenvalue weighted by Crippen LogP contribution is -2.31. The average molecular weight is 265 g/mol. The Morgan fingerprint density at radius 2 is 1.95 bits per heavy atom. The van der Waals surface area contributed by atoms with Crippen LogP contribution in [0.25, 0.3) is 0 Å². The third kappa shape index (κ3) is 6.33. The number of nitrogens with two attached hydrogens (primary N) is 1. The highest BCUT2D eigenvalue weighted by Crippen LogP contribution is 2.08. The van der Waals surface area contributed by atoms with Crippen molar-refractivity contribution in [1.29, 1.82) is 0 Å². The van der Waals surface area contributed by atoms with Gasteiger partial charge in [0.25, 0.3) is 0 Å².